The average molecular weight is 286 g/mol. The molecule has 0 bridgehead atoms. The number of carbonyl (C=O) groups excluding carboxylic acids is 1. The zero-order chi connectivity index (χ0) is 14.2. The molecular formula is C11H18N4O3S. The normalized spacial score (nSPS) is 20.3. The number of hydrogen-bond donors (Lipinski definition) is 1. The topological polar surface area (TPSA) is 98.3 Å². The summed E-state index contributed by atoms with van der Waals surface area (Å²) in [6.07, 6.45) is 1.98. The van der Waals surface area contributed by atoms with Crippen molar-refractivity contribution >= 4 is 15.9 Å². The van der Waals surface area contributed by atoms with Crippen molar-refractivity contribution in [1.82, 2.24) is 14.7 Å². The van der Waals surface area contributed by atoms with Gasteiger partial charge >= 0.3 is 0 Å². The Balaban J connectivity index is 2.03. The van der Waals surface area contributed by atoms with Gasteiger partial charge in [0.05, 0.1) is 11.9 Å². The van der Waals surface area contributed by atoms with E-state index in [0.717, 1.165) is 11.3 Å². The van der Waals surface area contributed by atoms with Crippen molar-refractivity contribution in [3.8, 4) is 0 Å². The van der Waals surface area contributed by atoms with Crippen molar-refractivity contribution in [3.63, 3.8) is 0 Å². The van der Waals surface area contributed by atoms with Crippen LogP contribution in [0.3, 0.4) is 0 Å². The van der Waals surface area contributed by atoms with Gasteiger partial charge < -0.3 is 4.90 Å². The molecule has 0 aromatic carbocycles. The molecule has 8 heteroatoms. The van der Waals surface area contributed by atoms with Crippen LogP contribution in [-0.2, 0) is 28.4 Å². The number of nitrogens with zero attached hydrogens (tertiary/aromatic N) is 3. The molecule has 19 heavy (non-hydrogen) atoms. The van der Waals surface area contributed by atoms with E-state index < -0.39 is 10.0 Å². The largest absolute Gasteiger partial charge is 0.338 e. The molecule has 1 aromatic heterocycles. The zero-order valence-corrected chi connectivity index (χ0v) is 11.9. The third kappa shape index (κ3) is 3.32. The van der Waals surface area contributed by atoms with E-state index in [0.29, 0.717) is 13.1 Å². The second-order valence-electron chi connectivity index (χ2n) is 5.05. The third-order valence-corrected chi connectivity index (χ3v) is 4.40. The van der Waals surface area contributed by atoms with E-state index in [4.69, 9.17) is 5.14 Å². The maximum Gasteiger partial charge on any atom is 0.223 e. The Kier molecular flexibility index (Phi) is 3.64. The maximum absolute atomic E-state index is 11.9. The third-order valence-electron chi connectivity index (χ3n) is 3.46. The number of aryl methyl sites for hydroxylation is 1. The fourth-order valence-electron chi connectivity index (χ4n) is 2.35. The fourth-order valence-corrected chi connectivity index (χ4v) is 3.23. The lowest BCUT2D eigenvalue weighted by Gasteiger charge is -2.16. The smallest absolute Gasteiger partial charge is 0.223 e. The Bertz CT molecular complexity index is 593. The summed E-state index contributed by atoms with van der Waals surface area (Å²) in [6.45, 7) is 2.84. The summed E-state index contributed by atoms with van der Waals surface area (Å²) in [5, 5.41) is 9.14. The molecule has 1 aromatic rings. The van der Waals surface area contributed by atoms with Crippen molar-refractivity contribution < 1.29 is 13.2 Å². The molecule has 1 aliphatic heterocycles. The Hall–Kier alpha value is -1.41. The van der Waals surface area contributed by atoms with Crippen molar-refractivity contribution in [2.75, 3.05) is 12.3 Å². The minimum Gasteiger partial charge on any atom is -0.338 e. The SMILES string of the molecule is Cc1c(CN2CC(CS(N)(=O)=O)CC2=O)cnn1C. The molecule has 2 rings (SSSR count). The predicted octanol–water partition coefficient (Wildman–Crippen LogP) is -0.634. The first kappa shape index (κ1) is 14.0. The number of amides is 1. The molecule has 2 heterocycles. The molecule has 106 valence electrons. The van der Waals surface area contributed by atoms with Crippen LogP contribution < -0.4 is 5.14 Å². The highest BCUT2D eigenvalue weighted by molar-refractivity contribution is 7.89. The summed E-state index contributed by atoms with van der Waals surface area (Å²) in [4.78, 5) is 13.5. The van der Waals surface area contributed by atoms with E-state index in [1.165, 1.54) is 0 Å². The number of rotatable bonds is 4. The van der Waals surface area contributed by atoms with Crippen LogP contribution in [0.15, 0.2) is 6.20 Å². The van der Waals surface area contributed by atoms with Gasteiger partial charge in [-0.05, 0) is 6.92 Å². The number of nitrogens with two attached hydrogens (primary N) is 1. The van der Waals surface area contributed by atoms with Crippen LogP contribution in [0.1, 0.15) is 17.7 Å². The Labute approximate surface area is 112 Å². The van der Waals surface area contributed by atoms with E-state index in [-0.39, 0.29) is 24.0 Å². The van der Waals surface area contributed by atoms with Gasteiger partial charge in [-0.1, -0.05) is 0 Å². The summed E-state index contributed by atoms with van der Waals surface area (Å²) in [7, 11) is -1.68. The van der Waals surface area contributed by atoms with Gasteiger partial charge in [0.2, 0.25) is 15.9 Å². The number of carbonyl (C=O) groups is 1. The predicted molar refractivity (Wildman–Crippen MR) is 69.4 cm³/mol. The molecule has 0 saturated carbocycles. The van der Waals surface area contributed by atoms with Gasteiger partial charge in [0.1, 0.15) is 0 Å². The first-order chi connectivity index (χ1) is 8.76. The number of primary sulfonamides is 1. The van der Waals surface area contributed by atoms with Gasteiger partial charge in [-0.15, -0.1) is 0 Å². The van der Waals surface area contributed by atoms with E-state index in [1.54, 1.807) is 15.8 Å². The lowest BCUT2D eigenvalue weighted by atomic mass is 10.1. The molecule has 1 atom stereocenters. The van der Waals surface area contributed by atoms with Gasteiger partial charge in [0, 0.05) is 43.7 Å². The zero-order valence-electron chi connectivity index (χ0n) is 11.0. The summed E-state index contributed by atoms with van der Waals surface area (Å²) in [6, 6.07) is 0. The maximum atomic E-state index is 11.9. The summed E-state index contributed by atoms with van der Waals surface area (Å²) < 4.78 is 23.8. The second-order valence-corrected chi connectivity index (χ2v) is 6.71. The Morgan fingerprint density at radius 2 is 2.21 bits per heavy atom. The van der Waals surface area contributed by atoms with Crippen molar-refractivity contribution in [2.45, 2.75) is 19.9 Å². The molecule has 2 N–H and O–H groups in total. The highest BCUT2D eigenvalue weighted by Crippen LogP contribution is 2.21. The highest BCUT2D eigenvalue weighted by Gasteiger charge is 2.32. The number of sulfonamides is 1. The quantitative estimate of drug-likeness (QED) is 0.796. The van der Waals surface area contributed by atoms with E-state index >= 15 is 0 Å². The van der Waals surface area contributed by atoms with Crippen LogP contribution in [0.4, 0.5) is 0 Å². The molecule has 1 aliphatic rings. The molecule has 7 nitrogen and oxygen atoms in total. The molecule has 1 fully saturated rings. The van der Waals surface area contributed by atoms with E-state index in [9.17, 15) is 13.2 Å². The van der Waals surface area contributed by atoms with Crippen LogP contribution in [0.5, 0.6) is 0 Å². The lowest BCUT2D eigenvalue weighted by molar-refractivity contribution is -0.128. The highest BCUT2D eigenvalue weighted by atomic mass is 32.2. The van der Waals surface area contributed by atoms with Crippen LogP contribution in [0.25, 0.3) is 0 Å². The Morgan fingerprint density at radius 1 is 1.53 bits per heavy atom. The van der Waals surface area contributed by atoms with Crippen LogP contribution in [-0.4, -0.2) is 41.3 Å². The molecule has 1 unspecified atom stereocenters. The minimum absolute atomic E-state index is 0.0306. The molecule has 0 radical (unpaired) electrons. The van der Waals surface area contributed by atoms with E-state index in [2.05, 4.69) is 5.10 Å². The fraction of sp³-hybridized carbons (Fsp3) is 0.636. The van der Waals surface area contributed by atoms with E-state index in [1.807, 2.05) is 14.0 Å². The standard InChI is InChI=1S/C11H18N4O3S/c1-8-10(4-13-14(8)2)6-15-5-9(3-11(15)16)7-19(12,17)18/h4,9H,3,5-7H2,1-2H3,(H2,12,17,18). The van der Waals surface area contributed by atoms with Crippen LogP contribution >= 0.6 is 0 Å². The van der Waals surface area contributed by atoms with Crippen molar-refractivity contribution in [2.24, 2.45) is 18.1 Å². The van der Waals surface area contributed by atoms with Gasteiger partial charge in [-0.2, -0.15) is 5.10 Å². The van der Waals surface area contributed by atoms with Gasteiger partial charge in [0.25, 0.3) is 0 Å². The molecular weight excluding hydrogens is 268 g/mol. The summed E-state index contributed by atoms with van der Waals surface area (Å²) in [5.74, 6) is -0.377. The first-order valence-corrected chi connectivity index (χ1v) is 7.73. The van der Waals surface area contributed by atoms with Gasteiger partial charge in [0.15, 0.2) is 0 Å². The van der Waals surface area contributed by atoms with Crippen molar-refractivity contribution in [3.05, 3.63) is 17.5 Å². The molecule has 0 aliphatic carbocycles. The number of hydrogen-bond acceptors (Lipinski definition) is 4. The lowest BCUT2D eigenvalue weighted by Crippen LogP contribution is -2.27. The van der Waals surface area contributed by atoms with Crippen molar-refractivity contribution in [1.29, 1.82) is 0 Å². The number of likely N-dealkylation sites (tertiary alicyclic amines) is 1. The minimum atomic E-state index is -3.53. The van der Waals surface area contributed by atoms with Crippen LogP contribution in [0.2, 0.25) is 0 Å². The monoisotopic (exact) mass is 286 g/mol. The van der Waals surface area contributed by atoms with Gasteiger partial charge in [-0.25, -0.2) is 13.6 Å². The first-order valence-electron chi connectivity index (χ1n) is 6.02. The second kappa shape index (κ2) is 4.93. The van der Waals surface area contributed by atoms with Crippen LogP contribution in [0, 0.1) is 12.8 Å². The molecule has 0 spiro atoms. The average Bonchev–Trinajstić information content (AvgIpc) is 2.74. The summed E-state index contributed by atoms with van der Waals surface area (Å²) in [5.41, 5.74) is 1.98. The summed E-state index contributed by atoms with van der Waals surface area (Å²) >= 11 is 0. The molecule has 1 amide bonds. The van der Waals surface area contributed by atoms with Gasteiger partial charge in [-0.3, -0.25) is 9.48 Å². The Morgan fingerprint density at radius 3 is 2.74 bits per heavy atom. The number of aromatic nitrogens is 2. The molecule has 1 saturated heterocycles.